The van der Waals surface area contributed by atoms with Crippen molar-refractivity contribution in [1.82, 2.24) is 19.8 Å². The predicted octanol–water partition coefficient (Wildman–Crippen LogP) is 3.43. The van der Waals surface area contributed by atoms with Crippen molar-refractivity contribution in [1.29, 1.82) is 0 Å². The zero-order chi connectivity index (χ0) is 20.1. The van der Waals surface area contributed by atoms with E-state index in [0.717, 1.165) is 51.3 Å². The third-order valence-corrected chi connectivity index (χ3v) is 5.42. The third kappa shape index (κ3) is 4.50. The molecular weight excluding hydrogens is 350 g/mol. The number of hydrogen-bond donors (Lipinski definition) is 1. The Morgan fingerprint density at radius 2 is 1.68 bits per heavy atom. The first-order valence-corrected chi connectivity index (χ1v) is 10.3. The minimum Gasteiger partial charge on any atom is -0.340 e. The Hall–Kier alpha value is -2.47. The standard InChI is InChI=1S/C22H31N5O/c1-5-17-9-8-10-18(6-2)21(17)25-20-15-19(23-16(4)24-20)22(28)27-13-11-26(7-3)12-14-27/h8-10,15H,5-7,11-14H2,1-4H3,(H,23,24,25). The lowest BCUT2D eigenvalue weighted by atomic mass is 10.0. The van der Waals surface area contributed by atoms with Gasteiger partial charge in [-0.15, -0.1) is 0 Å². The Kier molecular flexibility index (Phi) is 6.62. The van der Waals surface area contributed by atoms with Crippen LogP contribution in [0.3, 0.4) is 0 Å². The SMILES string of the molecule is CCc1cccc(CC)c1Nc1cc(C(=O)N2CCN(CC)CC2)nc(C)n1. The molecule has 6 heteroatoms. The van der Waals surface area contributed by atoms with Crippen LogP contribution in [0, 0.1) is 6.92 Å². The Morgan fingerprint density at radius 1 is 1.04 bits per heavy atom. The maximum absolute atomic E-state index is 13.0. The Labute approximate surface area is 168 Å². The molecule has 0 atom stereocenters. The fourth-order valence-corrected chi connectivity index (χ4v) is 3.70. The molecule has 1 fully saturated rings. The number of anilines is 2. The van der Waals surface area contributed by atoms with Gasteiger partial charge in [-0.25, -0.2) is 9.97 Å². The summed E-state index contributed by atoms with van der Waals surface area (Å²) < 4.78 is 0. The number of para-hydroxylation sites is 1. The average molecular weight is 382 g/mol. The molecule has 3 rings (SSSR count). The van der Waals surface area contributed by atoms with Crippen LogP contribution in [0.2, 0.25) is 0 Å². The van der Waals surface area contributed by atoms with E-state index in [2.05, 4.69) is 59.2 Å². The van der Waals surface area contributed by atoms with Crippen molar-refractivity contribution >= 4 is 17.4 Å². The summed E-state index contributed by atoms with van der Waals surface area (Å²) in [6.07, 6.45) is 1.88. The van der Waals surface area contributed by atoms with Crippen molar-refractivity contribution in [2.24, 2.45) is 0 Å². The van der Waals surface area contributed by atoms with Crippen molar-refractivity contribution in [2.75, 3.05) is 38.0 Å². The van der Waals surface area contributed by atoms with Crippen LogP contribution >= 0.6 is 0 Å². The summed E-state index contributed by atoms with van der Waals surface area (Å²) in [5, 5.41) is 3.47. The van der Waals surface area contributed by atoms with Crippen LogP contribution in [0.1, 0.15) is 48.2 Å². The van der Waals surface area contributed by atoms with Crippen LogP contribution in [0.25, 0.3) is 0 Å². The molecular formula is C22H31N5O. The molecule has 1 aromatic heterocycles. The van der Waals surface area contributed by atoms with E-state index in [-0.39, 0.29) is 5.91 Å². The molecule has 1 aliphatic rings. The molecule has 1 aromatic carbocycles. The summed E-state index contributed by atoms with van der Waals surface area (Å²) in [5.41, 5.74) is 4.06. The number of likely N-dealkylation sites (N-methyl/N-ethyl adjacent to an activating group) is 1. The molecule has 6 nitrogen and oxygen atoms in total. The molecule has 0 unspecified atom stereocenters. The number of rotatable bonds is 6. The quantitative estimate of drug-likeness (QED) is 0.831. The lowest BCUT2D eigenvalue weighted by Gasteiger charge is -2.33. The molecule has 0 saturated carbocycles. The first kappa shape index (κ1) is 20.3. The maximum atomic E-state index is 13.0. The minimum absolute atomic E-state index is 0.0104. The Bertz CT molecular complexity index is 805. The van der Waals surface area contributed by atoms with E-state index in [1.165, 1.54) is 11.1 Å². The van der Waals surface area contributed by atoms with E-state index in [0.29, 0.717) is 17.3 Å². The van der Waals surface area contributed by atoms with Gasteiger partial charge in [0.15, 0.2) is 0 Å². The number of hydrogen-bond acceptors (Lipinski definition) is 5. The summed E-state index contributed by atoms with van der Waals surface area (Å²) in [4.78, 5) is 26.2. The van der Waals surface area contributed by atoms with Crippen LogP contribution in [0.4, 0.5) is 11.5 Å². The molecule has 0 aliphatic carbocycles. The fraction of sp³-hybridized carbons (Fsp3) is 0.500. The molecule has 28 heavy (non-hydrogen) atoms. The van der Waals surface area contributed by atoms with Crippen molar-refractivity contribution in [3.05, 3.63) is 46.9 Å². The molecule has 1 amide bonds. The van der Waals surface area contributed by atoms with Gasteiger partial charge in [-0.1, -0.05) is 39.0 Å². The topological polar surface area (TPSA) is 61.4 Å². The van der Waals surface area contributed by atoms with Crippen molar-refractivity contribution < 1.29 is 4.79 Å². The summed E-state index contributed by atoms with van der Waals surface area (Å²) in [6, 6.07) is 8.15. The zero-order valence-electron chi connectivity index (χ0n) is 17.5. The highest BCUT2D eigenvalue weighted by Crippen LogP contribution is 2.26. The number of amides is 1. The zero-order valence-corrected chi connectivity index (χ0v) is 17.5. The van der Waals surface area contributed by atoms with Gasteiger partial charge in [0, 0.05) is 37.9 Å². The van der Waals surface area contributed by atoms with E-state index in [9.17, 15) is 4.79 Å². The second-order valence-corrected chi connectivity index (χ2v) is 7.20. The van der Waals surface area contributed by atoms with E-state index >= 15 is 0 Å². The van der Waals surface area contributed by atoms with Gasteiger partial charge >= 0.3 is 0 Å². The monoisotopic (exact) mass is 381 g/mol. The summed E-state index contributed by atoms with van der Waals surface area (Å²) in [5.74, 6) is 1.27. The summed E-state index contributed by atoms with van der Waals surface area (Å²) in [6.45, 7) is 12.6. The smallest absolute Gasteiger partial charge is 0.272 e. The lowest BCUT2D eigenvalue weighted by Crippen LogP contribution is -2.48. The number of aryl methyl sites for hydroxylation is 3. The minimum atomic E-state index is -0.0104. The first-order chi connectivity index (χ1) is 13.5. The van der Waals surface area contributed by atoms with Gasteiger partial charge in [0.05, 0.1) is 0 Å². The van der Waals surface area contributed by atoms with Gasteiger partial charge in [0.1, 0.15) is 17.3 Å². The van der Waals surface area contributed by atoms with E-state index in [4.69, 9.17) is 0 Å². The molecule has 2 heterocycles. The molecule has 0 radical (unpaired) electrons. The number of benzene rings is 1. The first-order valence-electron chi connectivity index (χ1n) is 10.3. The predicted molar refractivity (Wildman–Crippen MR) is 113 cm³/mol. The van der Waals surface area contributed by atoms with Gasteiger partial charge in [-0.3, -0.25) is 4.79 Å². The molecule has 1 saturated heterocycles. The fourth-order valence-electron chi connectivity index (χ4n) is 3.70. The van der Waals surface area contributed by atoms with Gasteiger partial charge in [-0.2, -0.15) is 0 Å². The molecule has 1 N–H and O–H groups in total. The Morgan fingerprint density at radius 3 is 2.25 bits per heavy atom. The van der Waals surface area contributed by atoms with Crippen LogP contribution in [0.15, 0.2) is 24.3 Å². The Balaban J connectivity index is 1.84. The number of aromatic nitrogens is 2. The normalized spacial score (nSPS) is 14.9. The molecule has 2 aromatic rings. The average Bonchev–Trinajstić information content (AvgIpc) is 2.73. The number of nitrogens with zero attached hydrogens (tertiary/aromatic N) is 4. The van der Waals surface area contributed by atoms with Gasteiger partial charge < -0.3 is 15.1 Å². The molecule has 1 aliphatic heterocycles. The van der Waals surface area contributed by atoms with Crippen LogP contribution in [0.5, 0.6) is 0 Å². The second-order valence-electron chi connectivity index (χ2n) is 7.20. The van der Waals surface area contributed by atoms with Crippen molar-refractivity contribution in [3.8, 4) is 0 Å². The van der Waals surface area contributed by atoms with E-state index in [1.807, 2.05) is 11.8 Å². The molecule has 150 valence electrons. The highest BCUT2D eigenvalue weighted by molar-refractivity contribution is 5.93. The summed E-state index contributed by atoms with van der Waals surface area (Å²) >= 11 is 0. The van der Waals surface area contributed by atoms with Crippen molar-refractivity contribution in [2.45, 2.75) is 40.5 Å². The van der Waals surface area contributed by atoms with Crippen LogP contribution < -0.4 is 5.32 Å². The van der Waals surface area contributed by atoms with Gasteiger partial charge in [-0.05, 0) is 37.4 Å². The number of nitrogens with one attached hydrogen (secondary N) is 1. The lowest BCUT2D eigenvalue weighted by molar-refractivity contribution is 0.0637. The summed E-state index contributed by atoms with van der Waals surface area (Å²) in [7, 11) is 0. The largest absolute Gasteiger partial charge is 0.340 e. The number of piperazine rings is 1. The van der Waals surface area contributed by atoms with E-state index < -0.39 is 0 Å². The number of carbonyl (C=O) groups excluding carboxylic acids is 1. The van der Waals surface area contributed by atoms with Crippen LogP contribution in [-0.2, 0) is 12.8 Å². The highest BCUT2D eigenvalue weighted by atomic mass is 16.2. The highest BCUT2D eigenvalue weighted by Gasteiger charge is 2.23. The van der Waals surface area contributed by atoms with Gasteiger partial charge in [0.2, 0.25) is 0 Å². The third-order valence-electron chi connectivity index (χ3n) is 5.42. The number of carbonyl (C=O) groups is 1. The van der Waals surface area contributed by atoms with Crippen molar-refractivity contribution in [3.63, 3.8) is 0 Å². The van der Waals surface area contributed by atoms with E-state index in [1.54, 1.807) is 6.07 Å². The van der Waals surface area contributed by atoms with Gasteiger partial charge in [0.25, 0.3) is 5.91 Å². The van der Waals surface area contributed by atoms with Crippen LogP contribution in [-0.4, -0.2) is 58.4 Å². The second kappa shape index (κ2) is 9.15. The maximum Gasteiger partial charge on any atom is 0.272 e. The molecule has 0 bridgehead atoms. The molecule has 0 spiro atoms.